The zero-order valence-corrected chi connectivity index (χ0v) is 20.7. The number of nitrogens with zero attached hydrogens (tertiary/aromatic N) is 5. The minimum Gasteiger partial charge on any atom is -0.341 e. The fourth-order valence-corrected chi connectivity index (χ4v) is 3.00. The standard InChI is InChI=1S/C18H19FN6.2CH4O3S/c19-15-10-21-18(22-11-15)25-8-6-24(7-9-25)13-16-12-20-17(23-16)14-4-2-1-3-5-14;2*1-5(2,3)4/h1-5,10-12H,6-9,13H2,(H,20,23);2*1H3,(H,2,3,4). The topological polar surface area (TPSA) is 170 Å². The molecule has 1 fully saturated rings. The van der Waals surface area contributed by atoms with Gasteiger partial charge in [0.15, 0.2) is 5.82 Å². The van der Waals surface area contributed by atoms with Gasteiger partial charge in [-0.1, -0.05) is 30.3 Å². The quantitative estimate of drug-likeness (QED) is 0.416. The van der Waals surface area contributed by atoms with Crippen LogP contribution in [-0.2, 0) is 26.8 Å². The minimum atomic E-state index is -3.67. The predicted octanol–water partition coefficient (Wildman–Crippen LogP) is 1.34. The maximum Gasteiger partial charge on any atom is 0.261 e. The van der Waals surface area contributed by atoms with Crippen molar-refractivity contribution >= 4 is 26.2 Å². The molecule has 15 heteroatoms. The molecule has 0 bridgehead atoms. The Hall–Kier alpha value is -2.98. The third kappa shape index (κ3) is 12.3. The van der Waals surface area contributed by atoms with E-state index in [1.165, 1.54) is 12.4 Å². The number of nitrogens with one attached hydrogen (secondary N) is 1. The van der Waals surface area contributed by atoms with E-state index in [0.717, 1.165) is 49.8 Å². The summed E-state index contributed by atoms with van der Waals surface area (Å²) in [7, 11) is -7.33. The molecule has 1 aliphatic rings. The van der Waals surface area contributed by atoms with Crippen molar-refractivity contribution in [3.8, 4) is 11.4 Å². The molecular formula is C20H27FN6O6S2. The molecule has 1 saturated heterocycles. The lowest BCUT2D eigenvalue weighted by molar-refractivity contribution is 0.246. The molecule has 0 aliphatic carbocycles. The van der Waals surface area contributed by atoms with Crippen molar-refractivity contribution in [2.24, 2.45) is 0 Å². The number of rotatable bonds is 4. The molecule has 0 radical (unpaired) electrons. The van der Waals surface area contributed by atoms with Gasteiger partial charge in [-0.25, -0.2) is 19.3 Å². The van der Waals surface area contributed by atoms with Crippen molar-refractivity contribution in [1.29, 1.82) is 0 Å². The Morgan fingerprint density at radius 2 is 1.40 bits per heavy atom. The smallest absolute Gasteiger partial charge is 0.261 e. The lowest BCUT2D eigenvalue weighted by Crippen LogP contribution is -2.46. The van der Waals surface area contributed by atoms with Crippen molar-refractivity contribution in [3.63, 3.8) is 0 Å². The van der Waals surface area contributed by atoms with E-state index in [0.29, 0.717) is 18.5 Å². The maximum absolute atomic E-state index is 12.9. The van der Waals surface area contributed by atoms with Crippen molar-refractivity contribution in [1.82, 2.24) is 24.8 Å². The third-order valence-electron chi connectivity index (χ3n) is 4.33. The second-order valence-electron chi connectivity index (χ2n) is 7.55. The zero-order valence-electron chi connectivity index (χ0n) is 19.1. The number of piperazine rings is 1. The molecule has 3 heterocycles. The summed E-state index contributed by atoms with van der Waals surface area (Å²) in [5.41, 5.74) is 2.19. The number of aromatic amines is 1. The Morgan fingerprint density at radius 1 is 0.886 bits per heavy atom. The number of H-pyrrole nitrogens is 1. The molecule has 192 valence electrons. The molecule has 3 N–H and O–H groups in total. The lowest BCUT2D eigenvalue weighted by Gasteiger charge is -2.34. The highest BCUT2D eigenvalue weighted by molar-refractivity contribution is 7.85. The maximum atomic E-state index is 12.9. The number of benzene rings is 1. The number of hydrogen-bond donors (Lipinski definition) is 3. The Labute approximate surface area is 203 Å². The van der Waals surface area contributed by atoms with E-state index in [4.69, 9.17) is 9.11 Å². The molecule has 35 heavy (non-hydrogen) atoms. The van der Waals surface area contributed by atoms with Gasteiger partial charge < -0.3 is 9.88 Å². The molecule has 0 saturated carbocycles. The average molecular weight is 531 g/mol. The summed E-state index contributed by atoms with van der Waals surface area (Å²) in [6.45, 7) is 4.29. The molecular weight excluding hydrogens is 503 g/mol. The van der Waals surface area contributed by atoms with Crippen LogP contribution >= 0.6 is 0 Å². The summed E-state index contributed by atoms with van der Waals surface area (Å²) >= 11 is 0. The van der Waals surface area contributed by atoms with Gasteiger partial charge in [0.1, 0.15) is 5.82 Å². The molecule has 0 amide bonds. The van der Waals surface area contributed by atoms with E-state index >= 15 is 0 Å². The molecule has 4 rings (SSSR count). The SMILES string of the molecule is CS(=O)(=O)O.CS(=O)(=O)O.Fc1cnc(N2CCN(Cc3cnc(-c4ccccc4)[nH]3)CC2)nc1. The summed E-state index contributed by atoms with van der Waals surface area (Å²) in [5.74, 6) is 1.08. The average Bonchev–Trinajstić information content (AvgIpc) is 3.22. The van der Waals surface area contributed by atoms with Gasteiger partial charge in [-0.3, -0.25) is 14.0 Å². The van der Waals surface area contributed by atoms with Gasteiger partial charge in [0.2, 0.25) is 5.95 Å². The first-order chi connectivity index (χ1) is 16.3. The Bertz CT molecular complexity index is 1220. The van der Waals surface area contributed by atoms with E-state index in [1.807, 2.05) is 36.5 Å². The summed E-state index contributed by atoms with van der Waals surface area (Å²) in [6, 6.07) is 10.1. The normalized spacial score (nSPS) is 14.4. The van der Waals surface area contributed by atoms with Crippen LogP contribution in [0.1, 0.15) is 5.69 Å². The largest absolute Gasteiger partial charge is 0.341 e. The number of halogens is 1. The van der Waals surface area contributed by atoms with Crippen molar-refractivity contribution in [2.75, 3.05) is 43.6 Å². The van der Waals surface area contributed by atoms with Crippen LogP contribution in [0.25, 0.3) is 11.4 Å². The van der Waals surface area contributed by atoms with Gasteiger partial charge in [-0.2, -0.15) is 16.8 Å². The Kier molecular flexibility index (Phi) is 10.2. The minimum absolute atomic E-state index is 0.407. The first kappa shape index (κ1) is 28.3. The Balaban J connectivity index is 0.000000368. The molecule has 3 aromatic rings. The van der Waals surface area contributed by atoms with Gasteiger partial charge in [-0.05, 0) is 0 Å². The van der Waals surface area contributed by atoms with Crippen LogP contribution in [-0.4, -0.2) is 89.5 Å². The first-order valence-electron chi connectivity index (χ1n) is 10.2. The molecule has 1 aromatic carbocycles. The van der Waals surface area contributed by atoms with Crippen LogP contribution < -0.4 is 4.90 Å². The molecule has 1 aliphatic heterocycles. The fourth-order valence-electron chi connectivity index (χ4n) is 3.00. The van der Waals surface area contributed by atoms with Crippen LogP contribution in [0.4, 0.5) is 10.3 Å². The van der Waals surface area contributed by atoms with Gasteiger partial charge in [0.05, 0.1) is 24.9 Å². The monoisotopic (exact) mass is 530 g/mol. The molecule has 0 spiro atoms. The number of imidazole rings is 1. The van der Waals surface area contributed by atoms with E-state index in [2.05, 4.69) is 29.7 Å². The van der Waals surface area contributed by atoms with E-state index in [-0.39, 0.29) is 0 Å². The van der Waals surface area contributed by atoms with Gasteiger partial charge >= 0.3 is 0 Å². The van der Waals surface area contributed by atoms with Crippen molar-refractivity contribution < 1.29 is 30.3 Å². The second kappa shape index (κ2) is 12.6. The third-order valence-corrected chi connectivity index (χ3v) is 4.33. The van der Waals surface area contributed by atoms with Gasteiger partial charge in [0, 0.05) is 50.2 Å². The molecule has 2 aromatic heterocycles. The molecule has 0 atom stereocenters. The van der Waals surface area contributed by atoms with Crippen LogP contribution in [0, 0.1) is 5.82 Å². The Morgan fingerprint density at radius 3 is 1.91 bits per heavy atom. The summed E-state index contributed by atoms with van der Waals surface area (Å²) in [4.78, 5) is 20.4. The zero-order chi connectivity index (χ0) is 26.1. The van der Waals surface area contributed by atoms with E-state index in [9.17, 15) is 21.2 Å². The van der Waals surface area contributed by atoms with Crippen molar-refractivity contribution in [2.45, 2.75) is 6.54 Å². The summed E-state index contributed by atoms with van der Waals surface area (Å²) in [6.07, 6.45) is 5.76. The second-order valence-corrected chi connectivity index (χ2v) is 10.5. The number of hydrogen-bond acceptors (Lipinski definition) is 9. The predicted molar refractivity (Wildman–Crippen MR) is 128 cm³/mol. The highest BCUT2D eigenvalue weighted by atomic mass is 32.2. The fraction of sp³-hybridized carbons (Fsp3) is 0.350. The number of anilines is 1. The number of aromatic nitrogens is 4. The van der Waals surface area contributed by atoms with E-state index < -0.39 is 26.1 Å². The lowest BCUT2D eigenvalue weighted by atomic mass is 10.2. The van der Waals surface area contributed by atoms with Crippen LogP contribution in [0.2, 0.25) is 0 Å². The first-order valence-corrected chi connectivity index (χ1v) is 13.9. The van der Waals surface area contributed by atoms with Crippen LogP contribution in [0.15, 0.2) is 48.9 Å². The summed E-state index contributed by atoms with van der Waals surface area (Å²) < 4.78 is 64.7. The van der Waals surface area contributed by atoms with Crippen LogP contribution in [0.3, 0.4) is 0 Å². The highest BCUT2D eigenvalue weighted by Crippen LogP contribution is 2.17. The summed E-state index contributed by atoms with van der Waals surface area (Å²) in [5, 5.41) is 0. The van der Waals surface area contributed by atoms with Gasteiger partial charge in [-0.15, -0.1) is 0 Å². The van der Waals surface area contributed by atoms with Crippen molar-refractivity contribution in [3.05, 3.63) is 60.4 Å². The van der Waals surface area contributed by atoms with E-state index in [1.54, 1.807) is 0 Å². The molecule has 0 unspecified atom stereocenters. The molecule has 12 nitrogen and oxygen atoms in total. The highest BCUT2D eigenvalue weighted by Gasteiger charge is 2.19. The van der Waals surface area contributed by atoms with Gasteiger partial charge in [0.25, 0.3) is 20.2 Å². The van der Waals surface area contributed by atoms with Crippen LogP contribution in [0.5, 0.6) is 0 Å².